The fraction of sp³-hybridized carbons (Fsp3) is 0.286. The molecule has 0 atom stereocenters. The Kier molecular flexibility index (Phi) is 4.32. The van der Waals surface area contributed by atoms with Crippen molar-refractivity contribution in [3.05, 3.63) is 37.8 Å². The lowest BCUT2D eigenvalue weighted by molar-refractivity contribution is 0.373. The normalized spacial score (nSPS) is 10.8. The van der Waals surface area contributed by atoms with Gasteiger partial charge in [0.05, 0.1) is 16.4 Å². The lowest BCUT2D eigenvalue weighted by atomic mass is 10.1. The van der Waals surface area contributed by atoms with Gasteiger partial charge >= 0.3 is 0 Å². The van der Waals surface area contributed by atoms with Crippen LogP contribution in [0.4, 0.5) is 0 Å². The van der Waals surface area contributed by atoms with Crippen molar-refractivity contribution in [3.63, 3.8) is 0 Å². The van der Waals surface area contributed by atoms with Gasteiger partial charge in [-0.25, -0.2) is 4.98 Å². The minimum Gasteiger partial charge on any atom is -0.504 e. The Labute approximate surface area is 130 Å². The highest BCUT2D eigenvalue weighted by Crippen LogP contribution is 2.30. The minimum atomic E-state index is -0.161. The Hall–Kier alpha value is -1.57. The van der Waals surface area contributed by atoms with Gasteiger partial charge < -0.3 is 14.8 Å². The van der Waals surface area contributed by atoms with Crippen LogP contribution in [0.5, 0.6) is 11.5 Å². The highest BCUT2D eigenvalue weighted by atomic mass is 127. The Morgan fingerprint density at radius 3 is 2.70 bits per heavy atom. The van der Waals surface area contributed by atoms with Crippen molar-refractivity contribution in [1.82, 2.24) is 9.97 Å². The number of hydrogen-bond acceptors (Lipinski definition) is 4. The van der Waals surface area contributed by atoms with Gasteiger partial charge in [-0.2, -0.15) is 0 Å². The molecule has 20 heavy (non-hydrogen) atoms. The molecule has 1 heterocycles. The molecule has 6 heteroatoms. The molecule has 0 saturated carbocycles. The molecule has 0 radical (unpaired) electrons. The number of halogens is 1. The molecular weight excluding hydrogens is 371 g/mol. The molecule has 1 aromatic carbocycles. The molecule has 2 rings (SSSR count). The molecule has 5 nitrogen and oxygen atoms in total. The first-order valence-electron chi connectivity index (χ1n) is 6.11. The first-order valence-corrected chi connectivity index (χ1v) is 7.19. The number of hydrogen-bond donors (Lipinski definition) is 2. The smallest absolute Gasteiger partial charge is 0.264 e. The zero-order valence-electron chi connectivity index (χ0n) is 11.4. The van der Waals surface area contributed by atoms with Gasteiger partial charge in [0, 0.05) is 5.56 Å². The van der Waals surface area contributed by atoms with Crippen molar-refractivity contribution >= 4 is 22.6 Å². The Morgan fingerprint density at radius 2 is 2.10 bits per heavy atom. The van der Waals surface area contributed by atoms with E-state index in [0.29, 0.717) is 20.7 Å². The van der Waals surface area contributed by atoms with Crippen molar-refractivity contribution in [1.29, 1.82) is 0 Å². The molecule has 0 unspecified atom stereocenters. The van der Waals surface area contributed by atoms with Crippen LogP contribution >= 0.6 is 22.6 Å². The number of nitrogens with one attached hydrogen (secondary N) is 1. The van der Waals surface area contributed by atoms with Crippen molar-refractivity contribution in [3.8, 4) is 22.9 Å². The topological polar surface area (TPSA) is 75.2 Å². The van der Waals surface area contributed by atoms with Gasteiger partial charge in [0.15, 0.2) is 11.5 Å². The number of H-pyrrole nitrogens is 1. The highest BCUT2D eigenvalue weighted by Gasteiger charge is 2.14. The number of phenolic OH excluding ortho intramolecular Hbond substituents is 1. The van der Waals surface area contributed by atoms with E-state index in [4.69, 9.17) is 4.74 Å². The number of ether oxygens (including phenoxy) is 1. The predicted molar refractivity (Wildman–Crippen MR) is 85.3 cm³/mol. The second-order valence-electron chi connectivity index (χ2n) is 4.66. The first-order chi connectivity index (χ1) is 9.43. The fourth-order valence-electron chi connectivity index (χ4n) is 1.82. The van der Waals surface area contributed by atoms with Gasteiger partial charge in [-0.15, -0.1) is 0 Å². The zero-order valence-corrected chi connectivity index (χ0v) is 13.6. The van der Waals surface area contributed by atoms with E-state index in [1.165, 1.54) is 13.2 Å². The summed E-state index contributed by atoms with van der Waals surface area (Å²) >= 11 is 2.00. The number of aromatic amines is 1. The Bertz CT molecular complexity index is 695. The number of benzene rings is 1. The van der Waals surface area contributed by atoms with Crippen LogP contribution in [0, 0.1) is 3.57 Å². The van der Waals surface area contributed by atoms with Gasteiger partial charge in [0.2, 0.25) is 0 Å². The third-order valence-electron chi connectivity index (χ3n) is 2.89. The molecule has 0 amide bonds. The summed E-state index contributed by atoms with van der Waals surface area (Å²) in [5.74, 6) is 1.02. The maximum absolute atomic E-state index is 12.0. The van der Waals surface area contributed by atoms with Crippen molar-refractivity contribution in [2.75, 3.05) is 7.11 Å². The number of phenols is 1. The van der Waals surface area contributed by atoms with Gasteiger partial charge in [0.1, 0.15) is 5.82 Å². The molecule has 0 fully saturated rings. The number of aromatic nitrogens is 2. The summed E-state index contributed by atoms with van der Waals surface area (Å²) < 4.78 is 5.67. The summed E-state index contributed by atoms with van der Waals surface area (Å²) in [6, 6.07) is 4.85. The van der Waals surface area contributed by atoms with Crippen LogP contribution in [-0.4, -0.2) is 22.2 Å². The molecule has 106 valence electrons. The van der Waals surface area contributed by atoms with Crippen LogP contribution in [0.1, 0.15) is 25.5 Å². The standard InChI is InChI=1S/C14H15IN2O3/c1-7(2)12-11(15)14(19)17-13(16-12)8-4-5-9(18)10(6-8)20-3/h4-7,18H,1-3H3,(H,16,17,19). The van der Waals surface area contributed by atoms with Gasteiger partial charge in [-0.3, -0.25) is 4.79 Å². The summed E-state index contributed by atoms with van der Waals surface area (Å²) in [7, 11) is 1.47. The van der Waals surface area contributed by atoms with Crippen molar-refractivity contribution in [2.24, 2.45) is 0 Å². The van der Waals surface area contributed by atoms with Gasteiger partial charge in [-0.05, 0) is 46.7 Å². The molecule has 0 spiro atoms. The zero-order chi connectivity index (χ0) is 14.9. The first kappa shape index (κ1) is 14.8. The minimum absolute atomic E-state index is 0.0493. The molecule has 0 aliphatic rings. The van der Waals surface area contributed by atoms with Crippen LogP contribution < -0.4 is 10.3 Å². The summed E-state index contributed by atoms with van der Waals surface area (Å²) in [5.41, 5.74) is 1.29. The molecule has 0 aliphatic carbocycles. The summed E-state index contributed by atoms with van der Waals surface area (Å²) in [6.07, 6.45) is 0. The van der Waals surface area contributed by atoms with E-state index in [0.717, 1.165) is 5.69 Å². The van der Waals surface area contributed by atoms with Crippen LogP contribution in [0.2, 0.25) is 0 Å². The molecule has 2 aromatic rings. The summed E-state index contributed by atoms with van der Waals surface area (Å²) in [6.45, 7) is 3.98. The van der Waals surface area contributed by atoms with Crippen molar-refractivity contribution in [2.45, 2.75) is 19.8 Å². The molecule has 1 aromatic heterocycles. The molecule has 0 bridgehead atoms. The summed E-state index contributed by atoms with van der Waals surface area (Å²) in [4.78, 5) is 19.2. The fourth-order valence-corrected chi connectivity index (χ4v) is 2.70. The third kappa shape index (κ3) is 2.79. The number of rotatable bonds is 3. The van der Waals surface area contributed by atoms with Crippen LogP contribution in [-0.2, 0) is 0 Å². The van der Waals surface area contributed by atoms with E-state index < -0.39 is 0 Å². The molecule has 2 N–H and O–H groups in total. The van der Waals surface area contributed by atoms with Crippen LogP contribution in [0.25, 0.3) is 11.4 Å². The van der Waals surface area contributed by atoms with E-state index in [-0.39, 0.29) is 17.2 Å². The largest absolute Gasteiger partial charge is 0.504 e. The van der Waals surface area contributed by atoms with E-state index >= 15 is 0 Å². The van der Waals surface area contributed by atoms with Gasteiger partial charge in [-0.1, -0.05) is 13.8 Å². The van der Waals surface area contributed by atoms with E-state index in [1.807, 2.05) is 36.4 Å². The maximum atomic E-state index is 12.0. The maximum Gasteiger partial charge on any atom is 0.264 e. The quantitative estimate of drug-likeness (QED) is 0.796. The van der Waals surface area contributed by atoms with Crippen molar-refractivity contribution < 1.29 is 9.84 Å². The number of nitrogens with zero attached hydrogens (tertiary/aromatic N) is 1. The SMILES string of the molecule is COc1cc(-c2nc(C(C)C)c(I)c(=O)[nH]2)ccc1O. The lowest BCUT2D eigenvalue weighted by Gasteiger charge is -2.10. The molecular formula is C14H15IN2O3. The Balaban J connectivity index is 2.61. The summed E-state index contributed by atoms with van der Waals surface area (Å²) in [5, 5.41) is 9.60. The highest BCUT2D eigenvalue weighted by molar-refractivity contribution is 14.1. The molecule has 0 saturated heterocycles. The van der Waals surface area contributed by atoms with E-state index in [1.54, 1.807) is 12.1 Å². The average Bonchev–Trinajstić information content (AvgIpc) is 2.42. The van der Waals surface area contributed by atoms with Crippen LogP contribution in [0.15, 0.2) is 23.0 Å². The van der Waals surface area contributed by atoms with E-state index in [9.17, 15) is 9.90 Å². The average molecular weight is 386 g/mol. The lowest BCUT2D eigenvalue weighted by Crippen LogP contribution is -2.17. The third-order valence-corrected chi connectivity index (χ3v) is 3.93. The Morgan fingerprint density at radius 1 is 1.40 bits per heavy atom. The second-order valence-corrected chi connectivity index (χ2v) is 5.73. The second kappa shape index (κ2) is 5.82. The molecule has 0 aliphatic heterocycles. The van der Waals surface area contributed by atoms with Crippen LogP contribution in [0.3, 0.4) is 0 Å². The predicted octanol–water partition coefficient (Wildman–Crippen LogP) is 2.88. The van der Waals surface area contributed by atoms with Gasteiger partial charge in [0.25, 0.3) is 5.56 Å². The number of methoxy groups -OCH3 is 1. The monoisotopic (exact) mass is 386 g/mol. The van der Waals surface area contributed by atoms with E-state index in [2.05, 4.69) is 9.97 Å². The number of aromatic hydroxyl groups is 1.